The normalized spacial score (nSPS) is 28.6. The number of hydrogen-bond donors (Lipinski definition) is 0. The molecule has 0 aromatic heterocycles. The number of ether oxygens (including phenoxy) is 1. The number of rotatable bonds is 9. The molecule has 0 unspecified atom stereocenters. The number of halogens is 1. The molecule has 0 amide bonds. The van der Waals surface area contributed by atoms with Crippen LogP contribution in [0.1, 0.15) is 104 Å². The highest BCUT2D eigenvalue weighted by atomic mass is 35.5. The smallest absolute Gasteiger partial charge is 0.0597 e. The van der Waals surface area contributed by atoms with E-state index in [9.17, 15) is 0 Å². The molecule has 0 saturated heterocycles. The van der Waals surface area contributed by atoms with Crippen LogP contribution in [0.2, 0.25) is 0 Å². The first-order valence-electron chi connectivity index (χ1n) is 13.0. The Kier molecular flexibility index (Phi) is 10.4. The highest BCUT2D eigenvalue weighted by Gasteiger charge is 2.33. The van der Waals surface area contributed by atoms with Crippen molar-refractivity contribution in [2.45, 2.75) is 110 Å². The van der Waals surface area contributed by atoms with E-state index < -0.39 is 0 Å². The fraction of sp³-hybridized carbons (Fsp3) is 0.923. The Morgan fingerprint density at radius 1 is 0.724 bits per heavy atom. The molecule has 3 saturated carbocycles. The minimum atomic E-state index is 0.475. The van der Waals surface area contributed by atoms with Crippen molar-refractivity contribution < 1.29 is 4.74 Å². The van der Waals surface area contributed by atoms with Crippen LogP contribution in [0, 0.1) is 17.8 Å². The van der Waals surface area contributed by atoms with Gasteiger partial charge in [-0.15, -0.1) is 0 Å². The number of likely N-dealkylation sites (N-methyl/N-ethyl adjacent to an activating group) is 1. The van der Waals surface area contributed by atoms with Gasteiger partial charge in [-0.25, -0.2) is 0 Å². The predicted octanol–water partition coefficient (Wildman–Crippen LogP) is 7.56. The topological polar surface area (TPSA) is 12.5 Å². The lowest BCUT2D eigenvalue weighted by Crippen LogP contribution is -2.31. The van der Waals surface area contributed by atoms with Gasteiger partial charge in [-0.3, -0.25) is 0 Å². The molecule has 3 fully saturated rings. The van der Waals surface area contributed by atoms with E-state index in [4.69, 9.17) is 16.3 Å². The van der Waals surface area contributed by atoms with Gasteiger partial charge in [0, 0.05) is 11.6 Å². The molecule has 0 N–H and O–H groups in total. The number of nitrogens with zero attached hydrogens (tertiary/aromatic N) is 1. The van der Waals surface area contributed by atoms with Gasteiger partial charge in [-0.1, -0.05) is 64.0 Å². The lowest BCUT2D eigenvalue weighted by molar-refractivity contribution is 0.0101. The van der Waals surface area contributed by atoms with Crippen molar-refractivity contribution in [3.63, 3.8) is 0 Å². The molecule has 168 valence electrons. The summed E-state index contributed by atoms with van der Waals surface area (Å²) in [6.45, 7) is 8.70. The number of allylic oxidation sites excluding steroid dienone is 2. The van der Waals surface area contributed by atoms with Crippen LogP contribution in [0.3, 0.4) is 0 Å². The molecule has 2 nitrogen and oxygen atoms in total. The molecule has 0 spiro atoms. The van der Waals surface area contributed by atoms with E-state index in [0.29, 0.717) is 12.0 Å². The van der Waals surface area contributed by atoms with Crippen LogP contribution in [0.25, 0.3) is 0 Å². The van der Waals surface area contributed by atoms with Crippen LogP contribution in [-0.2, 0) is 4.74 Å². The van der Waals surface area contributed by atoms with Gasteiger partial charge in [-0.05, 0) is 87.8 Å². The third kappa shape index (κ3) is 6.97. The maximum atomic E-state index is 7.22. The third-order valence-corrected chi connectivity index (χ3v) is 8.58. The summed E-state index contributed by atoms with van der Waals surface area (Å²) in [6.07, 6.45) is 19.4. The minimum Gasteiger partial charge on any atom is -0.377 e. The Morgan fingerprint density at radius 2 is 1.24 bits per heavy atom. The maximum absolute atomic E-state index is 7.22. The van der Waals surface area contributed by atoms with E-state index in [2.05, 4.69) is 18.7 Å². The second-order valence-electron chi connectivity index (χ2n) is 9.84. The fourth-order valence-electron chi connectivity index (χ4n) is 6.16. The Bertz CT molecular complexity index is 481. The highest BCUT2D eigenvalue weighted by Crippen LogP contribution is 2.46. The van der Waals surface area contributed by atoms with E-state index in [1.54, 1.807) is 5.57 Å². The minimum absolute atomic E-state index is 0.475. The van der Waals surface area contributed by atoms with Gasteiger partial charge in [0.1, 0.15) is 0 Å². The molecule has 3 aliphatic carbocycles. The molecule has 3 heteroatoms. The summed E-state index contributed by atoms with van der Waals surface area (Å²) in [4.78, 5) is 2.46. The first-order chi connectivity index (χ1) is 14.2. The second kappa shape index (κ2) is 12.7. The zero-order valence-electron chi connectivity index (χ0n) is 19.3. The summed E-state index contributed by atoms with van der Waals surface area (Å²) in [5.41, 5.74) is 1.72. The summed E-state index contributed by atoms with van der Waals surface area (Å²) in [7, 11) is 0. The Balaban J connectivity index is 1.57. The van der Waals surface area contributed by atoms with E-state index in [-0.39, 0.29) is 0 Å². The van der Waals surface area contributed by atoms with Crippen LogP contribution in [0.5, 0.6) is 0 Å². The molecule has 0 radical (unpaired) electrons. The van der Waals surface area contributed by atoms with Gasteiger partial charge in [0.2, 0.25) is 0 Å². The maximum Gasteiger partial charge on any atom is 0.0597 e. The molecule has 0 bridgehead atoms. The molecule has 29 heavy (non-hydrogen) atoms. The Morgan fingerprint density at radius 3 is 1.79 bits per heavy atom. The molecule has 3 aliphatic rings. The second-order valence-corrected chi connectivity index (χ2v) is 10.3. The highest BCUT2D eigenvalue weighted by molar-refractivity contribution is 6.30. The molecule has 0 atom stereocenters. The summed E-state index contributed by atoms with van der Waals surface area (Å²) < 4.78 is 6.28. The molecule has 0 aliphatic heterocycles. The molecular formula is C26H46ClNO. The molecule has 0 aromatic carbocycles. The van der Waals surface area contributed by atoms with Crippen molar-refractivity contribution in [2.75, 3.05) is 26.2 Å². The quantitative estimate of drug-likeness (QED) is 0.379. The predicted molar refractivity (Wildman–Crippen MR) is 126 cm³/mol. The van der Waals surface area contributed by atoms with Crippen LogP contribution >= 0.6 is 11.6 Å². The van der Waals surface area contributed by atoms with Crippen LogP contribution < -0.4 is 0 Å². The van der Waals surface area contributed by atoms with Crippen LogP contribution in [0.4, 0.5) is 0 Å². The monoisotopic (exact) mass is 423 g/mol. The van der Waals surface area contributed by atoms with E-state index >= 15 is 0 Å². The Hall–Kier alpha value is -0.0500. The SMILES string of the molecule is CCN(CC)CCOC1CCC(/C(=C(/Cl)C2CCCCC2)C2CCCCC2)CC1. The van der Waals surface area contributed by atoms with Crippen molar-refractivity contribution in [3.8, 4) is 0 Å². The Labute approximate surface area is 185 Å². The van der Waals surface area contributed by atoms with Crippen LogP contribution in [-0.4, -0.2) is 37.2 Å². The van der Waals surface area contributed by atoms with Crippen molar-refractivity contribution in [1.29, 1.82) is 0 Å². The van der Waals surface area contributed by atoms with Gasteiger partial charge in [-0.2, -0.15) is 0 Å². The van der Waals surface area contributed by atoms with Gasteiger partial charge in [0.15, 0.2) is 0 Å². The van der Waals surface area contributed by atoms with E-state index in [0.717, 1.165) is 38.1 Å². The third-order valence-electron chi connectivity index (χ3n) is 8.05. The average Bonchev–Trinajstić information content (AvgIpc) is 2.79. The molecule has 0 aromatic rings. The van der Waals surface area contributed by atoms with Crippen molar-refractivity contribution in [1.82, 2.24) is 4.90 Å². The van der Waals surface area contributed by atoms with Gasteiger partial charge >= 0.3 is 0 Å². The summed E-state index contributed by atoms with van der Waals surface area (Å²) in [5.74, 6) is 2.18. The fourth-order valence-corrected chi connectivity index (χ4v) is 6.68. The zero-order valence-corrected chi connectivity index (χ0v) is 20.0. The standard InChI is InChI=1S/C26H46ClNO/c1-3-28(4-2)19-20-29-24-17-15-22(16-18-24)25(21-11-7-5-8-12-21)26(27)23-13-9-6-10-14-23/h21-24H,3-20H2,1-2H3/b26-25+. The largest absolute Gasteiger partial charge is 0.377 e. The zero-order chi connectivity index (χ0) is 20.5. The molecular weight excluding hydrogens is 378 g/mol. The molecule has 0 heterocycles. The molecule has 3 rings (SSSR count). The summed E-state index contributed by atoms with van der Waals surface area (Å²) in [6, 6.07) is 0. The van der Waals surface area contributed by atoms with Crippen molar-refractivity contribution in [3.05, 3.63) is 10.6 Å². The average molecular weight is 424 g/mol. The lowest BCUT2D eigenvalue weighted by Gasteiger charge is -2.37. The van der Waals surface area contributed by atoms with E-state index in [1.165, 1.54) is 94.9 Å². The van der Waals surface area contributed by atoms with Crippen molar-refractivity contribution >= 4 is 11.6 Å². The van der Waals surface area contributed by atoms with Gasteiger partial charge in [0.25, 0.3) is 0 Å². The van der Waals surface area contributed by atoms with Gasteiger partial charge < -0.3 is 9.64 Å². The number of hydrogen-bond acceptors (Lipinski definition) is 2. The summed E-state index contributed by atoms with van der Waals surface area (Å²) in [5, 5.41) is 1.32. The first kappa shape index (κ1) is 23.6. The first-order valence-corrected chi connectivity index (χ1v) is 13.3. The van der Waals surface area contributed by atoms with E-state index in [1.807, 2.05) is 0 Å². The lowest BCUT2D eigenvalue weighted by atomic mass is 9.71. The van der Waals surface area contributed by atoms with Crippen LogP contribution in [0.15, 0.2) is 10.6 Å². The summed E-state index contributed by atoms with van der Waals surface area (Å²) >= 11 is 7.22. The van der Waals surface area contributed by atoms with Gasteiger partial charge in [0.05, 0.1) is 12.7 Å². The van der Waals surface area contributed by atoms with Crippen molar-refractivity contribution in [2.24, 2.45) is 17.8 Å².